The van der Waals surface area contributed by atoms with Gasteiger partial charge in [0.1, 0.15) is 0 Å². The van der Waals surface area contributed by atoms with E-state index in [4.69, 9.17) is 0 Å². The van der Waals surface area contributed by atoms with Crippen LogP contribution in [0.3, 0.4) is 0 Å². The van der Waals surface area contributed by atoms with Crippen molar-refractivity contribution in [2.45, 2.75) is 51.1 Å². The monoisotopic (exact) mass is 210 g/mol. The molecule has 2 fully saturated rings. The van der Waals surface area contributed by atoms with Crippen molar-refractivity contribution in [3.63, 3.8) is 0 Å². The molecule has 0 unspecified atom stereocenters. The summed E-state index contributed by atoms with van der Waals surface area (Å²) in [5.74, 6) is 0.829. The maximum absolute atomic E-state index is 11.1. The minimum Gasteiger partial charge on any atom is -0.353 e. The average molecular weight is 210 g/mol. The van der Waals surface area contributed by atoms with Crippen LogP contribution < -0.4 is 5.32 Å². The molecule has 0 bridgehead atoms. The molecule has 15 heavy (non-hydrogen) atoms. The minimum absolute atomic E-state index is 0.133. The van der Waals surface area contributed by atoms with Gasteiger partial charge in [-0.2, -0.15) is 0 Å². The largest absolute Gasteiger partial charge is 0.353 e. The average Bonchev–Trinajstić information content (AvgIpc) is 2.22. The summed E-state index contributed by atoms with van der Waals surface area (Å²) in [4.78, 5) is 13.6. The molecule has 1 saturated carbocycles. The number of hydrogen-bond donors (Lipinski definition) is 1. The van der Waals surface area contributed by atoms with Gasteiger partial charge in [0.2, 0.25) is 5.91 Å². The van der Waals surface area contributed by atoms with Crippen LogP contribution in [-0.2, 0) is 4.79 Å². The molecule has 86 valence electrons. The van der Waals surface area contributed by atoms with E-state index in [9.17, 15) is 4.79 Å². The quantitative estimate of drug-likeness (QED) is 0.709. The molecule has 3 atom stereocenters. The summed E-state index contributed by atoms with van der Waals surface area (Å²) in [6.45, 7) is 2.77. The van der Waals surface area contributed by atoms with Gasteiger partial charge in [-0.3, -0.25) is 4.79 Å². The second kappa shape index (κ2) is 4.52. The van der Waals surface area contributed by atoms with E-state index in [0.717, 1.165) is 13.0 Å². The first kappa shape index (κ1) is 10.9. The molecule has 2 aliphatic rings. The molecule has 0 radical (unpaired) electrons. The van der Waals surface area contributed by atoms with Crippen LogP contribution in [0.25, 0.3) is 0 Å². The smallest absolute Gasteiger partial charge is 0.217 e. The second-order valence-electron chi connectivity index (χ2n) is 5.09. The molecule has 3 nitrogen and oxygen atoms in total. The number of nitrogens with zero attached hydrogens (tertiary/aromatic N) is 1. The first-order valence-electron chi connectivity index (χ1n) is 6.16. The lowest BCUT2D eigenvalue weighted by Crippen LogP contribution is -2.56. The highest BCUT2D eigenvalue weighted by molar-refractivity contribution is 5.73. The molecule has 1 heterocycles. The molecular weight excluding hydrogens is 188 g/mol. The maximum Gasteiger partial charge on any atom is 0.217 e. The van der Waals surface area contributed by atoms with Crippen LogP contribution in [0, 0.1) is 5.92 Å². The highest BCUT2D eigenvalue weighted by atomic mass is 16.1. The van der Waals surface area contributed by atoms with Gasteiger partial charge < -0.3 is 10.2 Å². The Labute approximate surface area is 92.2 Å². The van der Waals surface area contributed by atoms with Crippen molar-refractivity contribution in [1.82, 2.24) is 10.2 Å². The zero-order chi connectivity index (χ0) is 10.8. The summed E-state index contributed by atoms with van der Waals surface area (Å²) in [6, 6.07) is 1.15. The van der Waals surface area contributed by atoms with Gasteiger partial charge in [0.05, 0.1) is 0 Å². The summed E-state index contributed by atoms with van der Waals surface area (Å²) in [7, 11) is 2.23. The van der Waals surface area contributed by atoms with Crippen LogP contribution in [0.4, 0.5) is 0 Å². The Hall–Kier alpha value is -0.570. The number of piperidine rings is 1. The van der Waals surface area contributed by atoms with Crippen molar-refractivity contribution in [3.8, 4) is 0 Å². The molecule has 0 spiro atoms. The van der Waals surface area contributed by atoms with Crippen LogP contribution in [0.1, 0.15) is 39.0 Å². The standard InChI is InChI=1S/C12H22N2O/c1-9(15)13-11-7-8-14(2)12-6-4-3-5-10(11)12/h10-12H,3-8H2,1-2H3,(H,13,15)/t10-,11-,12+/m0/s1. The van der Waals surface area contributed by atoms with E-state index in [2.05, 4.69) is 17.3 Å². The third-order valence-corrected chi connectivity index (χ3v) is 4.05. The number of hydrogen-bond acceptors (Lipinski definition) is 2. The van der Waals surface area contributed by atoms with Crippen molar-refractivity contribution >= 4 is 5.91 Å². The van der Waals surface area contributed by atoms with Gasteiger partial charge in [-0.15, -0.1) is 0 Å². The highest BCUT2D eigenvalue weighted by Crippen LogP contribution is 2.34. The van der Waals surface area contributed by atoms with Crippen LogP contribution in [-0.4, -0.2) is 36.5 Å². The second-order valence-corrected chi connectivity index (χ2v) is 5.09. The van der Waals surface area contributed by atoms with E-state index in [-0.39, 0.29) is 5.91 Å². The summed E-state index contributed by atoms with van der Waals surface area (Å²) < 4.78 is 0. The highest BCUT2D eigenvalue weighted by Gasteiger charge is 2.37. The fourth-order valence-corrected chi connectivity index (χ4v) is 3.32. The summed E-state index contributed by atoms with van der Waals surface area (Å²) in [5.41, 5.74) is 0. The molecular formula is C12H22N2O. The molecule has 0 aromatic rings. The predicted molar refractivity (Wildman–Crippen MR) is 60.6 cm³/mol. The van der Waals surface area contributed by atoms with E-state index in [0.29, 0.717) is 18.0 Å². The van der Waals surface area contributed by atoms with Gasteiger partial charge in [-0.05, 0) is 32.2 Å². The molecule has 0 aromatic heterocycles. The summed E-state index contributed by atoms with van der Waals surface area (Å²) in [6.07, 6.45) is 6.43. The third-order valence-electron chi connectivity index (χ3n) is 4.05. The first-order valence-corrected chi connectivity index (χ1v) is 6.16. The Morgan fingerprint density at radius 3 is 2.73 bits per heavy atom. The number of carbonyl (C=O) groups excluding carboxylic acids is 1. The summed E-state index contributed by atoms with van der Waals surface area (Å²) >= 11 is 0. The van der Waals surface area contributed by atoms with Crippen LogP contribution in [0.2, 0.25) is 0 Å². The Morgan fingerprint density at radius 1 is 1.27 bits per heavy atom. The number of likely N-dealkylation sites (tertiary alicyclic amines) is 1. The SMILES string of the molecule is CC(=O)N[C@H]1CCN(C)[C@@H]2CCCC[C@@H]12. The Morgan fingerprint density at radius 2 is 2.00 bits per heavy atom. The Kier molecular flexibility index (Phi) is 3.29. The molecule has 1 aliphatic carbocycles. The minimum atomic E-state index is 0.133. The van der Waals surface area contributed by atoms with Gasteiger partial charge >= 0.3 is 0 Å². The van der Waals surface area contributed by atoms with Crippen molar-refractivity contribution in [3.05, 3.63) is 0 Å². The van der Waals surface area contributed by atoms with Crippen LogP contribution in [0.15, 0.2) is 0 Å². The number of amides is 1. The van der Waals surface area contributed by atoms with E-state index in [1.807, 2.05) is 0 Å². The van der Waals surface area contributed by atoms with Gasteiger partial charge in [0, 0.05) is 25.6 Å². The van der Waals surface area contributed by atoms with Crippen molar-refractivity contribution < 1.29 is 4.79 Å². The molecule has 1 saturated heterocycles. The lowest BCUT2D eigenvalue weighted by molar-refractivity contribution is -0.120. The van der Waals surface area contributed by atoms with Gasteiger partial charge in [-0.25, -0.2) is 0 Å². The summed E-state index contributed by atoms with van der Waals surface area (Å²) in [5, 5.41) is 3.14. The number of carbonyl (C=O) groups is 1. The third kappa shape index (κ3) is 2.33. The topological polar surface area (TPSA) is 32.3 Å². The maximum atomic E-state index is 11.1. The predicted octanol–water partition coefficient (Wildman–Crippen LogP) is 1.39. The normalized spacial score (nSPS) is 37.1. The molecule has 1 amide bonds. The van der Waals surface area contributed by atoms with Crippen LogP contribution in [0.5, 0.6) is 0 Å². The van der Waals surface area contributed by atoms with Crippen molar-refractivity contribution in [1.29, 1.82) is 0 Å². The van der Waals surface area contributed by atoms with Gasteiger partial charge in [0.15, 0.2) is 0 Å². The van der Waals surface area contributed by atoms with E-state index in [1.54, 1.807) is 6.92 Å². The van der Waals surface area contributed by atoms with Crippen molar-refractivity contribution in [2.24, 2.45) is 5.92 Å². The number of rotatable bonds is 1. The lowest BCUT2D eigenvalue weighted by atomic mass is 9.75. The number of fused-ring (bicyclic) bond motifs is 1. The first-order chi connectivity index (χ1) is 7.18. The van der Waals surface area contributed by atoms with Crippen molar-refractivity contribution in [2.75, 3.05) is 13.6 Å². The van der Waals surface area contributed by atoms with E-state index < -0.39 is 0 Å². The fourth-order valence-electron chi connectivity index (χ4n) is 3.32. The van der Waals surface area contributed by atoms with E-state index in [1.165, 1.54) is 25.7 Å². The Balaban J connectivity index is 2.03. The number of nitrogens with one attached hydrogen (secondary N) is 1. The van der Waals surface area contributed by atoms with Gasteiger partial charge in [-0.1, -0.05) is 12.8 Å². The Bertz CT molecular complexity index is 242. The zero-order valence-corrected chi connectivity index (χ0v) is 9.83. The molecule has 3 heteroatoms. The van der Waals surface area contributed by atoms with Gasteiger partial charge in [0.25, 0.3) is 0 Å². The fraction of sp³-hybridized carbons (Fsp3) is 0.917. The molecule has 1 aliphatic heterocycles. The molecule has 2 rings (SSSR count). The zero-order valence-electron chi connectivity index (χ0n) is 9.83. The van der Waals surface area contributed by atoms with E-state index >= 15 is 0 Å². The van der Waals surface area contributed by atoms with Crippen LogP contribution >= 0.6 is 0 Å². The lowest BCUT2D eigenvalue weighted by Gasteiger charge is -2.46. The molecule has 1 N–H and O–H groups in total. The molecule has 0 aromatic carbocycles.